The van der Waals surface area contributed by atoms with E-state index in [1.54, 1.807) is 14.0 Å². The van der Waals surface area contributed by atoms with Crippen LogP contribution in [0.25, 0.3) is 11.6 Å². The molecule has 0 aliphatic rings. The van der Waals surface area contributed by atoms with Gasteiger partial charge in [0, 0.05) is 13.7 Å². The van der Waals surface area contributed by atoms with E-state index in [2.05, 4.69) is 20.3 Å². The van der Waals surface area contributed by atoms with Gasteiger partial charge in [0.05, 0.1) is 18.5 Å². The average molecular weight is 277 g/mol. The second kappa shape index (κ2) is 6.11. The molecule has 3 N–H and O–H groups in total. The molecule has 0 aliphatic heterocycles. The van der Waals surface area contributed by atoms with Crippen LogP contribution in [0.15, 0.2) is 16.9 Å². The molecule has 2 rings (SSSR count). The smallest absolute Gasteiger partial charge is 0.273 e. The zero-order chi connectivity index (χ0) is 14.5. The summed E-state index contributed by atoms with van der Waals surface area (Å²) in [5.74, 6) is -0.0548. The van der Waals surface area contributed by atoms with Gasteiger partial charge in [-0.3, -0.25) is 4.79 Å². The van der Waals surface area contributed by atoms with E-state index < -0.39 is 5.91 Å². The quantitative estimate of drug-likeness (QED) is 0.759. The highest BCUT2D eigenvalue weighted by Gasteiger charge is 2.18. The number of methoxy groups -OCH3 is 1. The number of aromatic nitrogens is 3. The van der Waals surface area contributed by atoms with Crippen molar-refractivity contribution < 1.29 is 13.9 Å². The third kappa shape index (κ3) is 2.91. The number of oxazole rings is 1. The van der Waals surface area contributed by atoms with Crippen LogP contribution in [0.5, 0.6) is 0 Å². The lowest BCUT2D eigenvalue weighted by Crippen LogP contribution is -2.29. The number of ether oxygens (including phenoxy) is 1. The van der Waals surface area contributed by atoms with E-state index in [4.69, 9.17) is 14.9 Å². The molecule has 1 amide bonds. The Labute approximate surface area is 115 Å². The summed E-state index contributed by atoms with van der Waals surface area (Å²) in [6.07, 6.45) is 2.93. The maximum atomic E-state index is 11.9. The van der Waals surface area contributed by atoms with Crippen molar-refractivity contribution in [1.82, 2.24) is 20.3 Å². The number of nitrogens with one attached hydrogen (secondary N) is 1. The van der Waals surface area contributed by atoms with Crippen LogP contribution in [-0.2, 0) is 4.74 Å². The Bertz CT molecular complexity index is 597. The minimum Gasteiger partial charge on any atom is -0.443 e. The molecule has 0 atom stereocenters. The van der Waals surface area contributed by atoms with E-state index in [0.29, 0.717) is 30.4 Å². The molecule has 0 aliphatic carbocycles. The lowest BCUT2D eigenvalue weighted by molar-refractivity contribution is 0.0932. The minimum atomic E-state index is -0.394. The van der Waals surface area contributed by atoms with Crippen LogP contribution < -0.4 is 11.1 Å². The van der Waals surface area contributed by atoms with Crippen LogP contribution in [0.2, 0.25) is 0 Å². The summed E-state index contributed by atoms with van der Waals surface area (Å²) in [6, 6.07) is 0. The highest BCUT2D eigenvalue weighted by atomic mass is 16.5. The molecule has 20 heavy (non-hydrogen) atoms. The Morgan fingerprint density at radius 3 is 2.95 bits per heavy atom. The van der Waals surface area contributed by atoms with E-state index in [1.807, 2.05) is 0 Å². The standard InChI is InChI=1S/C12H15N5O3/c1-7-8(12-15-4-6-20-12)17-10(13)9(16-7)11(18)14-3-5-19-2/h4,6H,3,5H2,1-2H3,(H2,13,17)(H,14,18). The first-order chi connectivity index (χ1) is 9.63. The summed E-state index contributed by atoms with van der Waals surface area (Å²) in [4.78, 5) is 24.2. The Balaban J connectivity index is 2.24. The van der Waals surface area contributed by atoms with Gasteiger partial charge < -0.3 is 20.2 Å². The number of amides is 1. The first kappa shape index (κ1) is 13.9. The van der Waals surface area contributed by atoms with Crippen molar-refractivity contribution in [2.75, 3.05) is 26.0 Å². The second-order valence-electron chi connectivity index (χ2n) is 3.98. The molecule has 0 bridgehead atoms. The number of hydrogen-bond donors (Lipinski definition) is 2. The fourth-order valence-corrected chi connectivity index (χ4v) is 1.59. The molecule has 0 saturated heterocycles. The molecule has 0 radical (unpaired) electrons. The van der Waals surface area contributed by atoms with Gasteiger partial charge in [0.15, 0.2) is 11.5 Å². The first-order valence-corrected chi connectivity index (χ1v) is 5.94. The summed E-state index contributed by atoms with van der Waals surface area (Å²) in [6.45, 7) is 2.49. The van der Waals surface area contributed by atoms with Gasteiger partial charge in [-0.1, -0.05) is 0 Å². The number of hydrogen-bond acceptors (Lipinski definition) is 7. The van der Waals surface area contributed by atoms with Gasteiger partial charge in [0.25, 0.3) is 5.91 Å². The fraction of sp³-hybridized carbons (Fsp3) is 0.333. The van der Waals surface area contributed by atoms with Crippen molar-refractivity contribution in [2.24, 2.45) is 0 Å². The van der Waals surface area contributed by atoms with E-state index >= 15 is 0 Å². The molecule has 0 unspecified atom stereocenters. The van der Waals surface area contributed by atoms with Crippen LogP contribution in [0.1, 0.15) is 16.2 Å². The van der Waals surface area contributed by atoms with Crippen molar-refractivity contribution >= 4 is 11.7 Å². The SMILES string of the molecule is COCCNC(=O)c1nc(C)c(-c2ncco2)nc1N. The van der Waals surface area contributed by atoms with Crippen molar-refractivity contribution in [3.8, 4) is 11.6 Å². The highest BCUT2D eigenvalue weighted by molar-refractivity contribution is 5.96. The first-order valence-electron chi connectivity index (χ1n) is 5.94. The monoisotopic (exact) mass is 277 g/mol. The molecular formula is C12H15N5O3. The van der Waals surface area contributed by atoms with Gasteiger partial charge in [-0.2, -0.15) is 0 Å². The van der Waals surface area contributed by atoms with Gasteiger partial charge in [-0.25, -0.2) is 15.0 Å². The van der Waals surface area contributed by atoms with Crippen LogP contribution in [0.3, 0.4) is 0 Å². The summed E-state index contributed by atoms with van der Waals surface area (Å²) in [5.41, 5.74) is 6.77. The third-order valence-electron chi connectivity index (χ3n) is 2.54. The van der Waals surface area contributed by atoms with Gasteiger partial charge in [-0.05, 0) is 6.92 Å². The van der Waals surface area contributed by atoms with Crippen LogP contribution >= 0.6 is 0 Å². The normalized spacial score (nSPS) is 10.5. The molecule has 0 aromatic carbocycles. The fourth-order valence-electron chi connectivity index (χ4n) is 1.59. The third-order valence-corrected chi connectivity index (χ3v) is 2.54. The molecule has 0 fully saturated rings. The summed E-state index contributed by atoms with van der Waals surface area (Å²) < 4.78 is 10.00. The largest absolute Gasteiger partial charge is 0.443 e. The van der Waals surface area contributed by atoms with Crippen LogP contribution in [-0.4, -0.2) is 41.1 Å². The Hall–Kier alpha value is -2.48. The van der Waals surface area contributed by atoms with Crippen LogP contribution in [0, 0.1) is 6.92 Å². The van der Waals surface area contributed by atoms with Gasteiger partial charge in [0.2, 0.25) is 5.89 Å². The van der Waals surface area contributed by atoms with Crippen LogP contribution in [0.4, 0.5) is 5.82 Å². The highest BCUT2D eigenvalue weighted by Crippen LogP contribution is 2.20. The van der Waals surface area contributed by atoms with Crippen molar-refractivity contribution in [2.45, 2.75) is 6.92 Å². The van der Waals surface area contributed by atoms with Gasteiger partial charge >= 0.3 is 0 Å². The number of anilines is 1. The predicted octanol–water partition coefficient (Wildman–Crippen LogP) is 0.398. The molecular weight excluding hydrogens is 262 g/mol. The van der Waals surface area contributed by atoms with E-state index in [9.17, 15) is 4.79 Å². The number of nitrogens with two attached hydrogens (primary N) is 1. The molecule has 8 heteroatoms. The summed E-state index contributed by atoms with van der Waals surface area (Å²) in [7, 11) is 1.55. The summed E-state index contributed by atoms with van der Waals surface area (Å²) >= 11 is 0. The minimum absolute atomic E-state index is 0.0266. The van der Waals surface area contributed by atoms with E-state index in [0.717, 1.165) is 0 Å². The van der Waals surface area contributed by atoms with Crippen molar-refractivity contribution in [1.29, 1.82) is 0 Å². The Morgan fingerprint density at radius 1 is 1.50 bits per heavy atom. The zero-order valence-electron chi connectivity index (χ0n) is 11.2. The number of carbonyl (C=O) groups excluding carboxylic acids is 1. The van der Waals surface area contributed by atoms with Crippen molar-refractivity contribution in [3.63, 3.8) is 0 Å². The van der Waals surface area contributed by atoms with Gasteiger partial charge in [-0.15, -0.1) is 0 Å². The molecule has 0 spiro atoms. The molecule has 2 aromatic rings. The number of nitrogens with zero attached hydrogens (tertiary/aromatic N) is 3. The second-order valence-corrected chi connectivity index (χ2v) is 3.98. The Morgan fingerprint density at radius 2 is 2.30 bits per heavy atom. The number of nitrogen functional groups attached to an aromatic ring is 1. The maximum absolute atomic E-state index is 11.9. The van der Waals surface area contributed by atoms with E-state index in [-0.39, 0.29) is 11.5 Å². The molecule has 0 saturated carbocycles. The molecule has 2 aromatic heterocycles. The van der Waals surface area contributed by atoms with Gasteiger partial charge in [0.1, 0.15) is 12.0 Å². The lowest BCUT2D eigenvalue weighted by atomic mass is 10.2. The molecule has 2 heterocycles. The number of carbonyl (C=O) groups is 1. The topological polar surface area (TPSA) is 116 Å². The Kier molecular flexibility index (Phi) is 4.26. The van der Waals surface area contributed by atoms with Crippen molar-refractivity contribution in [3.05, 3.63) is 23.8 Å². The molecule has 8 nitrogen and oxygen atoms in total. The number of aryl methyl sites for hydroxylation is 1. The average Bonchev–Trinajstić information content (AvgIpc) is 2.95. The lowest BCUT2D eigenvalue weighted by Gasteiger charge is -2.08. The molecule has 106 valence electrons. The summed E-state index contributed by atoms with van der Waals surface area (Å²) in [5, 5.41) is 2.64. The number of rotatable bonds is 5. The maximum Gasteiger partial charge on any atom is 0.273 e. The predicted molar refractivity (Wildman–Crippen MR) is 70.9 cm³/mol. The zero-order valence-corrected chi connectivity index (χ0v) is 11.2. The van der Waals surface area contributed by atoms with E-state index in [1.165, 1.54) is 12.5 Å².